The molecule has 7 nitrogen and oxygen atoms in total. The van der Waals surface area contributed by atoms with Gasteiger partial charge in [0, 0.05) is 26.3 Å². The molecule has 1 aliphatic carbocycles. The van der Waals surface area contributed by atoms with Crippen molar-refractivity contribution in [3.63, 3.8) is 0 Å². The fourth-order valence-electron chi connectivity index (χ4n) is 3.34. The predicted octanol–water partition coefficient (Wildman–Crippen LogP) is 2.59. The van der Waals surface area contributed by atoms with E-state index in [-0.39, 0.29) is 12.3 Å². The number of nitrogens with zero attached hydrogens (tertiary/aromatic N) is 3. The van der Waals surface area contributed by atoms with E-state index in [4.69, 9.17) is 4.52 Å². The Labute approximate surface area is 142 Å². The summed E-state index contributed by atoms with van der Waals surface area (Å²) in [6.45, 7) is 2.05. The second-order valence-corrected chi connectivity index (χ2v) is 6.56. The highest BCUT2D eigenvalue weighted by Crippen LogP contribution is 2.33. The Hall–Kier alpha value is -1.92. The molecule has 1 aromatic rings. The van der Waals surface area contributed by atoms with Crippen LogP contribution in [0.3, 0.4) is 0 Å². The van der Waals surface area contributed by atoms with Gasteiger partial charge in [-0.3, -0.25) is 4.79 Å². The summed E-state index contributed by atoms with van der Waals surface area (Å²) in [4.78, 5) is 29.9. The number of hydrogen-bond acceptors (Lipinski definition) is 5. The fraction of sp³-hybridized carbons (Fsp3) is 0.765. The highest BCUT2D eigenvalue weighted by atomic mass is 16.5. The Kier molecular flexibility index (Phi) is 6.34. The van der Waals surface area contributed by atoms with Crippen molar-refractivity contribution in [1.29, 1.82) is 0 Å². The Morgan fingerprint density at radius 3 is 2.58 bits per heavy atom. The van der Waals surface area contributed by atoms with E-state index in [0.717, 1.165) is 32.1 Å². The number of carbonyl (C=O) groups excluding carboxylic acids is 1. The monoisotopic (exact) mass is 337 g/mol. The first-order valence-corrected chi connectivity index (χ1v) is 8.81. The van der Waals surface area contributed by atoms with Gasteiger partial charge in [-0.2, -0.15) is 4.98 Å². The Bertz CT molecular complexity index is 564. The lowest BCUT2D eigenvalue weighted by Gasteiger charge is -2.41. The van der Waals surface area contributed by atoms with Crippen molar-refractivity contribution in [2.75, 3.05) is 7.05 Å². The molecule has 24 heavy (non-hydrogen) atoms. The van der Waals surface area contributed by atoms with Gasteiger partial charge in [0.1, 0.15) is 5.54 Å². The number of aromatic nitrogens is 2. The van der Waals surface area contributed by atoms with Gasteiger partial charge in [0.2, 0.25) is 11.8 Å². The zero-order valence-corrected chi connectivity index (χ0v) is 14.6. The summed E-state index contributed by atoms with van der Waals surface area (Å²) in [7, 11) is 1.62. The standard InChI is InChI=1S/C17H27N3O4/c1-3-8-13-18-14(24-19-13)9-7-10-15(21)20(2)17(16(22)23)11-5-4-6-12-17/h3-12H2,1-2H3,(H,22,23). The van der Waals surface area contributed by atoms with Crippen molar-refractivity contribution in [3.8, 4) is 0 Å². The van der Waals surface area contributed by atoms with E-state index in [1.807, 2.05) is 6.92 Å². The van der Waals surface area contributed by atoms with Crippen molar-refractivity contribution in [3.05, 3.63) is 11.7 Å². The van der Waals surface area contributed by atoms with E-state index < -0.39 is 11.5 Å². The van der Waals surface area contributed by atoms with E-state index >= 15 is 0 Å². The van der Waals surface area contributed by atoms with Gasteiger partial charge in [-0.1, -0.05) is 31.3 Å². The molecule has 0 aromatic carbocycles. The number of carbonyl (C=O) groups is 2. The second-order valence-electron chi connectivity index (χ2n) is 6.56. The molecular formula is C17H27N3O4. The SMILES string of the molecule is CCCc1noc(CCCC(=O)N(C)C2(C(=O)O)CCCCC2)n1. The lowest BCUT2D eigenvalue weighted by Crippen LogP contribution is -2.56. The van der Waals surface area contributed by atoms with Crippen LogP contribution in [0.1, 0.15) is 70.0 Å². The van der Waals surface area contributed by atoms with Gasteiger partial charge in [0.25, 0.3) is 0 Å². The summed E-state index contributed by atoms with van der Waals surface area (Å²) in [6, 6.07) is 0. The number of rotatable bonds is 8. The van der Waals surface area contributed by atoms with Crippen LogP contribution in [0.4, 0.5) is 0 Å². The van der Waals surface area contributed by atoms with E-state index in [9.17, 15) is 14.7 Å². The highest BCUT2D eigenvalue weighted by molar-refractivity contribution is 5.87. The first kappa shape index (κ1) is 18.4. The van der Waals surface area contributed by atoms with Gasteiger partial charge in [0.15, 0.2) is 5.82 Å². The van der Waals surface area contributed by atoms with Crippen LogP contribution in [-0.2, 0) is 22.4 Å². The van der Waals surface area contributed by atoms with Gasteiger partial charge >= 0.3 is 5.97 Å². The number of likely N-dealkylation sites (N-methyl/N-ethyl adjacent to an activating group) is 1. The third-order valence-electron chi connectivity index (χ3n) is 4.86. The molecule has 134 valence electrons. The van der Waals surface area contributed by atoms with Crippen molar-refractivity contribution >= 4 is 11.9 Å². The summed E-state index contributed by atoms with van der Waals surface area (Å²) in [5.74, 6) is 0.217. The minimum atomic E-state index is -1.03. The molecule has 1 N–H and O–H groups in total. The molecule has 1 fully saturated rings. The fourth-order valence-corrected chi connectivity index (χ4v) is 3.34. The molecular weight excluding hydrogens is 310 g/mol. The Morgan fingerprint density at radius 2 is 1.96 bits per heavy atom. The minimum Gasteiger partial charge on any atom is -0.479 e. The predicted molar refractivity (Wildman–Crippen MR) is 87.5 cm³/mol. The Balaban J connectivity index is 1.87. The van der Waals surface area contributed by atoms with E-state index in [1.54, 1.807) is 7.05 Å². The molecule has 0 spiro atoms. The maximum atomic E-state index is 12.4. The highest BCUT2D eigenvalue weighted by Gasteiger charge is 2.45. The Morgan fingerprint density at radius 1 is 1.25 bits per heavy atom. The smallest absolute Gasteiger partial charge is 0.329 e. The molecule has 1 saturated carbocycles. The maximum Gasteiger partial charge on any atom is 0.329 e. The molecule has 1 aromatic heterocycles. The summed E-state index contributed by atoms with van der Waals surface area (Å²) in [5, 5.41) is 13.5. The number of hydrogen-bond donors (Lipinski definition) is 1. The van der Waals surface area contributed by atoms with E-state index in [2.05, 4.69) is 10.1 Å². The normalized spacial score (nSPS) is 16.8. The quantitative estimate of drug-likeness (QED) is 0.783. The van der Waals surface area contributed by atoms with Crippen LogP contribution < -0.4 is 0 Å². The maximum absolute atomic E-state index is 12.4. The zero-order valence-electron chi connectivity index (χ0n) is 14.6. The van der Waals surface area contributed by atoms with Crippen molar-refractivity contribution in [1.82, 2.24) is 15.0 Å². The third-order valence-corrected chi connectivity index (χ3v) is 4.86. The first-order valence-electron chi connectivity index (χ1n) is 8.81. The van der Waals surface area contributed by atoms with Crippen molar-refractivity contribution in [2.24, 2.45) is 0 Å². The van der Waals surface area contributed by atoms with Crippen LogP contribution in [-0.4, -0.2) is 44.6 Å². The van der Waals surface area contributed by atoms with Crippen LogP contribution in [0.25, 0.3) is 0 Å². The summed E-state index contributed by atoms with van der Waals surface area (Å²) in [6.07, 6.45) is 6.96. The molecule has 0 atom stereocenters. The second kappa shape index (κ2) is 8.26. The van der Waals surface area contributed by atoms with Crippen molar-refractivity contribution < 1.29 is 19.2 Å². The van der Waals surface area contributed by atoms with E-state index in [1.165, 1.54) is 4.90 Å². The minimum absolute atomic E-state index is 0.132. The molecule has 0 bridgehead atoms. The molecule has 1 aliphatic rings. The van der Waals surface area contributed by atoms with Gasteiger partial charge in [-0.05, 0) is 25.7 Å². The van der Waals surface area contributed by atoms with Crippen LogP contribution in [0, 0.1) is 0 Å². The topological polar surface area (TPSA) is 96.5 Å². The van der Waals surface area contributed by atoms with Gasteiger partial charge in [-0.15, -0.1) is 0 Å². The lowest BCUT2D eigenvalue weighted by atomic mass is 9.80. The molecule has 2 rings (SSSR count). The average Bonchev–Trinajstić information content (AvgIpc) is 3.02. The summed E-state index contributed by atoms with van der Waals surface area (Å²) < 4.78 is 5.15. The van der Waals surface area contributed by atoms with Crippen LogP contribution >= 0.6 is 0 Å². The molecule has 0 aliphatic heterocycles. The largest absolute Gasteiger partial charge is 0.479 e. The van der Waals surface area contributed by atoms with Gasteiger partial charge in [0.05, 0.1) is 0 Å². The molecule has 0 saturated heterocycles. The lowest BCUT2D eigenvalue weighted by molar-refractivity contribution is -0.160. The van der Waals surface area contributed by atoms with Gasteiger partial charge < -0.3 is 14.5 Å². The summed E-state index contributed by atoms with van der Waals surface area (Å²) in [5.41, 5.74) is -1.03. The number of aliphatic carboxylic acids is 1. The third kappa shape index (κ3) is 4.13. The molecule has 0 unspecified atom stereocenters. The molecule has 0 radical (unpaired) electrons. The molecule has 7 heteroatoms. The van der Waals surface area contributed by atoms with Crippen LogP contribution in [0.15, 0.2) is 4.52 Å². The van der Waals surface area contributed by atoms with Crippen molar-refractivity contribution in [2.45, 2.75) is 76.7 Å². The number of carboxylic acid groups (broad SMARTS) is 1. The van der Waals surface area contributed by atoms with Crippen LogP contribution in [0.2, 0.25) is 0 Å². The number of carboxylic acids is 1. The molecule has 1 amide bonds. The van der Waals surface area contributed by atoms with E-state index in [0.29, 0.717) is 37.4 Å². The zero-order chi connectivity index (χ0) is 17.6. The summed E-state index contributed by atoms with van der Waals surface area (Å²) >= 11 is 0. The van der Waals surface area contributed by atoms with Gasteiger partial charge in [-0.25, -0.2) is 4.79 Å². The number of aryl methyl sites for hydroxylation is 2. The number of amides is 1. The first-order chi connectivity index (χ1) is 11.5. The van der Waals surface area contributed by atoms with Crippen LogP contribution in [0.5, 0.6) is 0 Å². The average molecular weight is 337 g/mol. The molecule has 1 heterocycles.